The van der Waals surface area contributed by atoms with Crippen molar-refractivity contribution < 1.29 is 84.3 Å². The number of fused-ring (bicyclic) bond motifs is 2. The summed E-state index contributed by atoms with van der Waals surface area (Å²) in [7, 11) is 0. The van der Waals surface area contributed by atoms with Crippen LogP contribution in [0.5, 0.6) is 11.5 Å². The summed E-state index contributed by atoms with van der Waals surface area (Å²) >= 11 is 0. The lowest BCUT2D eigenvalue weighted by molar-refractivity contribution is -0.148. The van der Waals surface area contributed by atoms with E-state index >= 15 is 0 Å². The largest absolute Gasteiger partial charge is 0.508 e. The highest BCUT2D eigenvalue weighted by Crippen LogP contribution is 2.28. The van der Waals surface area contributed by atoms with Gasteiger partial charge in [0.15, 0.2) is 6.23 Å². The summed E-state index contributed by atoms with van der Waals surface area (Å²) in [6.07, 6.45) is -14.9. The third-order valence-electron chi connectivity index (χ3n) is 13.6. The van der Waals surface area contributed by atoms with Crippen LogP contribution in [0.3, 0.4) is 0 Å². The highest BCUT2D eigenvalue weighted by Gasteiger charge is 2.50. The number of phenolic OH excluding ortho intramolecular Hbond substituents is 1. The fourth-order valence-corrected chi connectivity index (χ4v) is 9.16. The molecule has 3 aliphatic heterocycles. The van der Waals surface area contributed by atoms with Crippen LogP contribution in [0.4, 0.5) is 0 Å². The molecule has 0 bridgehead atoms. The number of aliphatic hydroxyl groups excluding tert-OH is 8. The number of carbonyl (C=O) groups excluding carboxylic acids is 7. The van der Waals surface area contributed by atoms with Crippen LogP contribution in [0.1, 0.15) is 75.4 Å². The lowest BCUT2D eigenvalue weighted by Gasteiger charge is -2.34. The van der Waals surface area contributed by atoms with Crippen molar-refractivity contribution in [3.8, 4) is 22.6 Å². The van der Waals surface area contributed by atoms with Crippen LogP contribution in [0, 0.1) is 5.92 Å². The molecule has 6 rings (SSSR count). The minimum atomic E-state index is -2.29. The molecule has 0 unspecified atom stereocenters. The van der Waals surface area contributed by atoms with E-state index in [1.807, 2.05) is 19.1 Å². The fourth-order valence-electron chi connectivity index (χ4n) is 9.16. The van der Waals surface area contributed by atoms with Gasteiger partial charge in [-0.25, -0.2) is 0 Å². The number of phenols is 1. The second-order valence-corrected chi connectivity index (χ2v) is 19.4. The van der Waals surface area contributed by atoms with E-state index in [2.05, 4.69) is 26.6 Å². The first-order valence-electron chi connectivity index (χ1n) is 24.7. The van der Waals surface area contributed by atoms with Gasteiger partial charge < -0.3 is 87.1 Å². The number of unbranched alkanes of at least 4 members (excludes halogenated alkanes) is 1. The van der Waals surface area contributed by atoms with E-state index in [9.17, 15) is 79.5 Å². The molecule has 24 heteroatoms. The number of amides is 7. The molecule has 0 saturated carbocycles. The number of ether oxygens (including phenoxy) is 1. The Bertz CT molecular complexity index is 2500. The van der Waals surface area contributed by atoms with Gasteiger partial charge in [-0.05, 0) is 73.4 Å². The standard InChI is InChI=1S/C51H67N7O17/c1-5-6-19-75-33-17-13-28(14-18-33)27-7-9-30(10-8-27)44(67)52-34-21-36(63)47(70)56-49(72)40-41(64)24(2)22-58(40)51(74)38(26(4)60)54-48(71)39(43(66)42(65)29-11-15-31(61)16-12-29)55-46(69)35-20-32(62)23-57(35)50(73)37(25(3)59)53-45(34)68/h7-18,24-26,32,34-43,47,59-66,70H,5-6,19-23H2,1-4H3,(H,52,67)(H,53,68)(H,54,71)(H,55,69)(H,56,72)/t24-,25+,26+,32+,34-,35-,36+,37-,38-,39-,40-,41-,42-,43-,47+/m0/s1. The van der Waals surface area contributed by atoms with Gasteiger partial charge >= 0.3 is 0 Å². The van der Waals surface area contributed by atoms with Crippen LogP contribution >= 0.6 is 0 Å². The summed E-state index contributed by atoms with van der Waals surface area (Å²) in [5.41, 5.74) is 1.43. The second-order valence-electron chi connectivity index (χ2n) is 19.4. The molecule has 0 spiro atoms. The van der Waals surface area contributed by atoms with Gasteiger partial charge in [0.2, 0.25) is 35.4 Å². The summed E-state index contributed by atoms with van der Waals surface area (Å²) in [6, 6.07) is 6.50. The molecule has 7 amide bonds. The minimum Gasteiger partial charge on any atom is -0.508 e. The van der Waals surface area contributed by atoms with E-state index in [1.165, 1.54) is 31.2 Å². The molecule has 0 aromatic heterocycles. The van der Waals surface area contributed by atoms with Gasteiger partial charge in [0.25, 0.3) is 5.91 Å². The summed E-state index contributed by atoms with van der Waals surface area (Å²) in [6.45, 7) is 5.31. The highest BCUT2D eigenvalue weighted by molar-refractivity contribution is 6.00. The van der Waals surface area contributed by atoms with Gasteiger partial charge in [-0.3, -0.25) is 33.6 Å². The first kappa shape index (κ1) is 57.5. The van der Waals surface area contributed by atoms with Crippen molar-refractivity contribution in [1.82, 2.24) is 36.4 Å². The van der Waals surface area contributed by atoms with E-state index in [0.717, 1.165) is 54.2 Å². The molecule has 0 aliphatic carbocycles. The maximum absolute atomic E-state index is 14.4. The van der Waals surface area contributed by atoms with E-state index in [1.54, 1.807) is 24.3 Å². The van der Waals surface area contributed by atoms with Crippen LogP contribution in [0.15, 0.2) is 72.8 Å². The summed E-state index contributed by atoms with van der Waals surface area (Å²) in [5.74, 6) is -8.76. The monoisotopic (exact) mass is 1050 g/mol. The Balaban J connectivity index is 1.35. The number of rotatable bonds is 12. The first-order valence-corrected chi connectivity index (χ1v) is 24.7. The smallest absolute Gasteiger partial charge is 0.251 e. The fraction of sp³-hybridized carbons (Fsp3) is 0.510. The third kappa shape index (κ3) is 13.8. The summed E-state index contributed by atoms with van der Waals surface area (Å²) < 4.78 is 5.74. The molecule has 3 aromatic carbocycles. The van der Waals surface area contributed by atoms with E-state index in [4.69, 9.17) is 4.74 Å². The number of hydrogen-bond donors (Lipinski definition) is 14. The molecule has 408 valence electrons. The number of nitrogens with zero attached hydrogens (tertiary/aromatic N) is 2. The summed E-state index contributed by atoms with van der Waals surface area (Å²) in [4.78, 5) is 101. The molecule has 75 heavy (non-hydrogen) atoms. The average molecular weight is 1050 g/mol. The SMILES string of the molecule is CCCCOc1ccc(-c2ccc(C(=O)N[C@H]3C[C@@H](O)[C@@H](O)NC(=O)[C@@H]4[C@@H](O)[C@@H](C)CN4C(=O)[C@H]([C@@H](C)O)NC(=O)[C@H]([C@H](O)[C@@H](O)c4ccc(O)cc4)NC(=O)[C@@H]4C[C@@H](O)CN4C(=O)[C@H]([C@@H](C)O)NC3=O)cc2)cc1. The molecule has 3 fully saturated rings. The van der Waals surface area contributed by atoms with Crippen molar-refractivity contribution in [2.75, 3.05) is 19.7 Å². The Labute approximate surface area is 431 Å². The average Bonchev–Trinajstić information content (AvgIpc) is 3.93. The normalized spacial score (nSPS) is 29.0. The van der Waals surface area contributed by atoms with Crippen LogP contribution in [0.2, 0.25) is 0 Å². The van der Waals surface area contributed by atoms with Gasteiger partial charge in [-0.15, -0.1) is 0 Å². The Kier molecular flexibility index (Phi) is 19.3. The van der Waals surface area contributed by atoms with E-state index in [-0.39, 0.29) is 23.4 Å². The maximum Gasteiger partial charge on any atom is 0.251 e. The van der Waals surface area contributed by atoms with Crippen molar-refractivity contribution in [3.63, 3.8) is 0 Å². The topological polar surface area (TPSA) is 377 Å². The van der Waals surface area contributed by atoms with E-state index < -0.39 is 152 Å². The van der Waals surface area contributed by atoms with Crippen molar-refractivity contribution >= 4 is 41.4 Å². The minimum absolute atomic E-state index is 0.0106. The van der Waals surface area contributed by atoms with Gasteiger partial charge in [0.1, 0.15) is 66.1 Å². The predicted octanol–water partition coefficient (Wildman–Crippen LogP) is -2.98. The van der Waals surface area contributed by atoms with E-state index in [0.29, 0.717) is 17.9 Å². The molecule has 24 nitrogen and oxygen atoms in total. The lowest BCUT2D eigenvalue weighted by Crippen LogP contribution is -2.64. The zero-order chi connectivity index (χ0) is 55.0. The summed E-state index contributed by atoms with van der Waals surface area (Å²) in [5, 5.41) is 111. The number of aromatic hydroxyl groups is 1. The van der Waals surface area contributed by atoms with Crippen LogP contribution in [-0.2, 0) is 28.8 Å². The van der Waals surface area contributed by atoms with Crippen molar-refractivity contribution in [2.45, 2.75) is 139 Å². The third-order valence-corrected chi connectivity index (χ3v) is 13.6. The number of carbonyl (C=O) groups is 7. The van der Waals surface area contributed by atoms with Crippen molar-refractivity contribution in [3.05, 3.63) is 83.9 Å². The van der Waals surface area contributed by atoms with Gasteiger partial charge in [-0.2, -0.15) is 0 Å². The predicted molar refractivity (Wildman–Crippen MR) is 263 cm³/mol. The van der Waals surface area contributed by atoms with Crippen molar-refractivity contribution in [2.24, 2.45) is 5.92 Å². The van der Waals surface area contributed by atoms with Crippen LogP contribution < -0.4 is 31.3 Å². The maximum atomic E-state index is 14.4. The molecule has 3 aliphatic rings. The van der Waals surface area contributed by atoms with Gasteiger partial charge in [0.05, 0.1) is 31.0 Å². The Hall–Kier alpha value is -6.77. The molecule has 3 saturated heterocycles. The zero-order valence-corrected chi connectivity index (χ0v) is 41.7. The highest BCUT2D eigenvalue weighted by atomic mass is 16.5. The van der Waals surface area contributed by atoms with Gasteiger partial charge in [-0.1, -0.05) is 56.7 Å². The molecule has 3 heterocycles. The quantitative estimate of drug-likeness (QED) is 0.0805. The molecular weight excluding hydrogens is 983 g/mol. The molecular formula is C51H67N7O17. The number of hydrogen-bond acceptors (Lipinski definition) is 17. The van der Waals surface area contributed by atoms with Crippen LogP contribution in [-0.4, -0.2) is 196 Å². The second kappa shape index (κ2) is 25.2. The molecule has 14 N–H and O–H groups in total. The molecule has 3 aromatic rings. The molecule has 15 atom stereocenters. The lowest BCUT2D eigenvalue weighted by atomic mass is 9.96. The van der Waals surface area contributed by atoms with Crippen molar-refractivity contribution in [1.29, 1.82) is 0 Å². The first-order chi connectivity index (χ1) is 35.5. The zero-order valence-electron chi connectivity index (χ0n) is 41.7. The van der Waals surface area contributed by atoms with Crippen LogP contribution in [0.25, 0.3) is 11.1 Å². The number of aliphatic hydroxyl groups is 8. The Morgan fingerprint density at radius 1 is 0.693 bits per heavy atom. The Morgan fingerprint density at radius 2 is 1.25 bits per heavy atom. The number of benzene rings is 3. The number of nitrogens with one attached hydrogen (secondary N) is 5. The van der Waals surface area contributed by atoms with Gasteiger partial charge in [0, 0.05) is 37.4 Å². The molecule has 0 radical (unpaired) electrons. The Morgan fingerprint density at radius 3 is 1.84 bits per heavy atom.